The highest BCUT2D eigenvalue weighted by molar-refractivity contribution is 14.1. The van der Waals surface area contributed by atoms with Crippen LogP contribution in [0.2, 0.25) is 0 Å². The zero-order valence-electron chi connectivity index (χ0n) is 16.3. The Balaban J connectivity index is 2.14. The number of carbonyl (C=O) groups is 3. The fourth-order valence-electron chi connectivity index (χ4n) is 2.62. The predicted octanol–water partition coefficient (Wildman–Crippen LogP) is 3.30. The first-order valence-electron chi connectivity index (χ1n) is 9.12. The van der Waals surface area contributed by atoms with E-state index in [0.29, 0.717) is 20.6 Å². The summed E-state index contributed by atoms with van der Waals surface area (Å²) in [5, 5.41) is 30.3. The van der Waals surface area contributed by atoms with Crippen LogP contribution in [-0.4, -0.2) is 45.2 Å². The van der Waals surface area contributed by atoms with Gasteiger partial charge in [0.15, 0.2) is 5.75 Å². The van der Waals surface area contributed by atoms with Crippen LogP contribution in [0, 0.1) is 10.7 Å². The maximum atomic E-state index is 12.2. The number of amides is 1. The molecule has 172 valence electrons. The Morgan fingerprint density at radius 2 is 1.66 bits per heavy atom. The molecule has 32 heavy (non-hydrogen) atoms. The number of carboxylic acid groups (broad SMARTS) is 2. The highest BCUT2D eigenvalue weighted by atomic mass is 127. The largest absolute Gasteiger partial charge is 0.507 e. The molecule has 2 aromatic rings. The Morgan fingerprint density at radius 1 is 1.03 bits per heavy atom. The molecule has 0 aromatic heterocycles. The topological polar surface area (TPSA) is 159 Å². The first-order chi connectivity index (χ1) is 15.0. The molecule has 0 spiro atoms. The van der Waals surface area contributed by atoms with Gasteiger partial charge in [0.2, 0.25) is 5.91 Å². The van der Waals surface area contributed by atoms with Gasteiger partial charge in [-0.3, -0.25) is 9.59 Å². The Kier molecular flexibility index (Phi) is 10.2. The van der Waals surface area contributed by atoms with E-state index in [2.05, 4.69) is 50.5 Å². The summed E-state index contributed by atoms with van der Waals surface area (Å²) >= 11 is 6.15. The fourth-order valence-corrected chi connectivity index (χ4v) is 5.23. The molecule has 0 heterocycles. The van der Waals surface area contributed by atoms with Crippen molar-refractivity contribution in [2.75, 3.05) is 0 Å². The lowest BCUT2D eigenvalue weighted by atomic mass is 10.0. The van der Waals surface area contributed by atoms with Gasteiger partial charge in [0.1, 0.15) is 17.5 Å². The lowest BCUT2D eigenvalue weighted by molar-refractivity contribution is -0.142. The summed E-state index contributed by atoms with van der Waals surface area (Å²) in [7, 11) is 0. The number of carboxylic acids is 2. The number of hydrogen-bond acceptors (Lipinski definition) is 6. The van der Waals surface area contributed by atoms with Crippen molar-refractivity contribution in [1.29, 1.82) is 0 Å². The summed E-state index contributed by atoms with van der Waals surface area (Å²) in [5.74, 6) is -1.75. The molecule has 9 nitrogen and oxygen atoms in total. The number of aliphatic carboxylic acids is 2. The zero-order chi connectivity index (χ0) is 24.0. The van der Waals surface area contributed by atoms with E-state index in [1.807, 2.05) is 22.6 Å². The summed E-state index contributed by atoms with van der Waals surface area (Å²) < 4.78 is 8.06. The third-order valence-electron chi connectivity index (χ3n) is 4.26. The van der Waals surface area contributed by atoms with Crippen LogP contribution in [-0.2, 0) is 20.8 Å². The van der Waals surface area contributed by atoms with Gasteiger partial charge >= 0.3 is 11.9 Å². The summed E-state index contributed by atoms with van der Waals surface area (Å²) in [5.41, 5.74) is 6.33. The average molecular weight is 780 g/mol. The van der Waals surface area contributed by atoms with Crippen LogP contribution in [0.4, 0.5) is 0 Å². The van der Waals surface area contributed by atoms with E-state index in [1.165, 1.54) is 6.07 Å². The van der Waals surface area contributed by atoms with Gasteiger partial charge in [0.25, 0.3) is 0 Å². The van der Waals surface area contributed by atoms with E-state index in [1.54, 1.807) is 24.3 Å². The molecule has 2 aromatic carbocycles. The third kappa shape index (κ3) is 7.87. The van der Waals surface area contributed by atoms with Crippen molar-refractivity contribution in [2.24, 2.45) is 5.73 Å². The van der Waals surface area contributed by atoms with Crippen molar-refractivity contribution >= 4 is 85.6 Å². The minimum absolute atomic E-state index is 0.0100. The van der Waals surface area contributed by atoms with Crippen LogP contribution >= 0.6 is 67.8 Å². The van der Waals surface area contributed by atoms with E-state index < -0.39 is 29.9 Å². The van der Waals surface area contributed by atoms with Crippen LogP contribution < -0.4 is 15.8 Å². The van der Waals surface area contributed by atoms with Crippen molar-refractivity contribution < 1.29 is 34.4 Å². The van der Waals surface area contributed by atoms with Gasteiger partial charge in [0.05, 0.1) is 16.8 Å². The number of ether oxygens (including phenoxy) is 1. The van der Waals surface area contributed by atoms with E-state index >= 15 is 0 Å². The van der Waals surface area contributed by atoms with E-state index in [4.69, 9.17) is 15.6 Å². The van der Waals surface area contributed by atoms with E-state index in [9.17, 15) is 24.6 Å². The highest BCUT2D eigenvalue weighted by Gasteiger charge is 2.25. The van der Waals surface area contributed by atoms with Gasteiger partial charge in [-0.1, -0.05) is 0 Å². The van der Waals surface area contributed by atoms with Crippen molar-refractivity contribution in [3.63, 3.8) is 0 Å². The van der Waals surface area contributed by atoms with Crippen LogP contribution in [0.3, 0.4) is 0 Å². The zero-order valence-corrected chi connectivity index (χ0v) is 22.8. The van der Waals surface area contributed by atoms with Crippen molar-refractivity contribution in [1.82, 2.24) is 5.32 Å². The van der Waals surface area contributed by atoms with Crippen LogP contribution in [0.1, 0.15) is 18.4 Å². The van der Waals surface area contributed by atoms with Crippen LogP contribution in [0.25, 0.3) is 0 Å². The van der Waals surface area contributed by atoms with Gasteiger partial charge < -0.3 is 31.1 Å². The van der Waals surface area contributed by atoms with E-state index in [-0.39, 0.29) is 25.0 Å². The number of phenolic OH excluding ortho intramolecular Hbond substituents is 1. The van der Waals surface area contributed by atoms with Crippen LogP contribution in [0.5, 0.6) is 17.2 Å². The minimum atomic E-state index is -1.23. The van der Waals surface area contributed by atoms with Crippen molar-refractivity contribution in [3.8, 4) is 17.2 Å². The fraction of sp³-hybridized carbons (Fsp3) is 0.250. The van der Waals surface area contributed by atoms with Crippen LogP contribution in [0.15, 0.2) is 30.3 Å². The van der Waals surface area contributed by atoms with Crippen molar-refractivity contribution in [3.05, 3.63) is 46.6 Å². The molecule has 0 bridgehead atoms. The van der Waals surface area contributed by atoms with Crippen molar-refractivity contribution in [2.45, 2.75) is 31.3 Å². The molecule has 0 unspecified atom stereocenters. The Morgan fingerprint density at radius 3 is 2.19 bits per heavy atom. The summed E-state index contributed by atoms with van der Waals surface area (Å²) in [6.07, 6.45) is -0.369. The molecule has 0 aliphatic heterocycles. The Labute approximate surface area is 224 Å². The number of rotatable bonds is 10. The van der Waals surface area contributed by atoms with Gasteiger partial charge in [-0.05, 0) is 110 Å². The Hall–Kier alpha value is -1.40. The number of phenols is 1. The first kappa shape index (κ1) is 26.8. The maximum Gasteiger partial charge on any atom is 0.326 e. The second-order valence-corrected chi connectivity index (χ2v) is 10.2. The summed E-state index contributed by atoms with van der Waals surface area (Å²) in [4.78, 5) is 34.5. The molecule has 0 radical (unpaired) electrons. The molecule has 2 atom stereocenters. The number of nitrogens with one attached hydrogen (secondary N) is 1. The molecular weight excluding hydrogens is 761 g/mol. The smallest absolute Gasteiger partial charge is 0.326 e. The quantitative estimate of drug-likeness (QED) is 0.230. The standard InChI is InChI=1S/C20H19I3N2O7/c21-11-8-10(1-3-16(11)26)32-18-12(22)5-9(6-13(18)23)7-15(20(30)31)25-19(29)14(24)2-4-17(27)28/h1,3,5-6,8,14-15,26H,2,4,7,24H2,(H,25,29)(H,27,28)(H,30,31)/t14-,15-/m0/s1. The predicted molar refractivity (Wildman–Crippen MR) is 141 cm³/mol. The molecule has 2 rings (SSSR count). The van der Waals surface area contributed by atoms with Gasteiger partial charge in [-0.15, -0.1) is 0 Å². The Bertz CT molecular complexity index is 1010. The highest BCUT2D eigenvalue weighted by Crippen LogP contribution is 2.35. The normalized spacial score (nSPS) is 12.6. The molecule has 6 N–H and O–H groups in total. The molecule has 0 saturated carbocycles. The number of benzene rings is 2. The van der Waals surface area contributed by atoms with Gasteiger partial charge in [-0.2, -0.15) is 0 Å². The average Bonchev–Trinajstić information content (AvgIpc) is 2.70. The van der Waals surface area contributed by atoms with Gasteiger partial charge in [-0.25, -0.2) is 4.79 Å². The summed E-state index contributed by atoms with van der Waals surface area (Å²) in [6.45, 7) is 0. The number of hydrogen-bond donors (Lipinski definition) is 5. The molecule has 0 fully saturated rings. The monoisotopic (exact) mass is 780 g/mol. The molecule has 12 heteroatoms. The second kappa shape index (κ2) is 12.2. The molecule has 0 aliphatic carbocycles. The SMILES string of the molecule is N[C@@H](CCC(=O)O)C(=O)N[C@@H](Cc1cc(I)c(Oc2ccc(O)c(I)c2)c(I)c1)C(=O)O. The van der Waals surface area contributed by atoms with Gasteiger partial charge in [0, 0.05) is 12.8 Å². The van der Waals surface area contributed by atoms with E-state index in [0.717, 1.165) is 7.14 Å². The number of carbonyl (C=O) groups excluding carboxylic acids is 1. The number of nitrogens with two attached hydrogens (primary N) is 1. The minimum Gasteiger partial charge on any atom is -0.507 e. The number of halogens is 3. The first-order valence-corrected chi connectivity index (χ1v) is 12.4. The molecule has 0 aliphatic rings. The molecular formula is C20H19I3N2O7. The number of aromatic hydroxyl groups is 1. The second-order valence-electron chi connectivity index (χ2n) is 6.75. The lowest BCUT2D eigenvalue weighted by Gasteiger charge is -2.19. The molecule has 0 saturated heterocycles. The lowest BCUT2D eigenvalue weighted by Crippen LogP contribution is -2.49. The third-order valence-corrected chi connectivity index (χ3v) is 6.72. The summed E-state index contributed by atoms with van der Waals surface area (Å²) in [6, 6.07) is 6.05. The molecule has 1 amide bonds. The maximum absolute atomic E-state index is 12.2.